The summed E-state index contributed by atoms with van der Waals surface area (Å²) in [5.74, 6) is -0.654. The van der Waals surface area contributed by atoms with E-state index >= 15 is 0 Å². The predicted octanol–water partition coefficient (Wildman–Crippen LogP) is 2.96. The van der Waals surface area contributed by atoms with Crippen LogP contribution in [0.5, 0.6) is 0 Å². The van der Waals surface area contributed by atoms with E-state index in [1.165, 1.54) is 6.92 Å². The Hall–Kier alpha value is -1.70. The van der Waals surface area contributed by atoms with Gasteiger partial charge in [-0.3, -0.25) is 9.35 Å². The largest absolute Gasteiger partial charge is 0.369 e. The Bertz CT molecular complexity index is 685. The average Bonchev–Trinajstić information content (AvgIpc) is 2.52. The van der Waals surface area contributed by atoms with Gasteiger partial charge >= 0.3 is 0 Å². The van der Waals surface area contributed by atoms with Crippen LogP contribution in [0.2, 0.25) is 0 Å². The van der Waals surface area contributed by atoms with Crippen molar-refractivity contribution >= 4 is 16.0 Å². The van der Waals surface area contributed by atoms with Gasteiger partial charge in [0, 0.05) is 13.0 Å². The number of carbonyl (C=O) groups excluding carboxylic acids is 1. The van der Waals surface area contributed by atoms with Crippen LogP contribution in [0, 0.1) is 5.41 Å². The van der Waals surface area contributed by atoms with Crippen molar-refractivity contribution in [2.45, 2.75) is 52.4 Å². The van der Waals surface area contributed by atoms with Gasteiger partial charge in [0.15, 0.2) is 0 Å². The van der Waals surface area contributed by atoms with Gasteiger partial charge in [-0.25, -0.2) is 0 Å². The highest BCUT2D eigenvalue weighted by atomic mass is 32.2. The lowest BCUT2D eigenvalue weighted by atomic mass is 9.79. The standard InChI is InChI=1S/C19H29NO5S/c1-5-18(25-14-16-9-7-6-8-10-16)19(3,4)13-17(20-15(2)21)11-12-26(22,23)24/h5-10,17-18H,1,11-14H2,2-4H3,(H,20,21)(H,22,23,24)/t17?,18-/m0/s1. The minimum absolute atomic E-state index is 0.129. The lowest BCUT2D eigenvalue weighted by Gasteiger charge is -2.35. The third-order valence-electron chi connectivity index (χ3n) is 4.16. The first-order valence-corrected chi connectivity index (χ1v) is 10.1. The van der Waals surface area contributed by atoms with Crippen LogP contribution in [-0.4, -0.2) is 36.8 Å². The first-order valence-electron chi connectivity index (χ1n) is 8.54. The highest BCUT2D eigenvalue weighted by Crippen LogP contribution is 2.31. The van der Waals surface area contributed by atoms with Gasteiger partial charge < -0.3 is 10.1 Å². The van der Waals surface area contributed by atoms with Gasteiger partial charge in [-0.1, -0.05) is 50.3 Å². The molecule has 1 aromatic rings. The molecule has 2 N–H and O–H groups in total. The number of benzene rings is 1. The zero-order valence-corrected chi connectivity index (χ0v) is 16.5. The average molecular weight is 384 g/mol. The summed E-state index contributed by atoms with van der Waals surface area (Å²) in [5.41, 5.74) is 0.642. The van der Waals surface area contributed by atoms with E-state index in [1.54, 1.807) is 6.08 Å². The third kappa shape index (κ3) is 8.60. The van der Waals surface area contributed by atoms with Crippen molar-refractivity contribution in [2.24, 2.45) is 5.41 Å². The number of nitrogens with one attached hydrogen (secondary N) is 1. The van der Waals surface area contributed by atoms with Crippen molar-refractivity contribution in [1.82, 2.24) is 5.32 Å². The molecular formula is C19H29NO5S. The summed E-state index contributed by atoms with van der Waals surface area (Å²) in [6.45, 7) is 9.61. The molecule has 0 heterocycles. The minimum Gasteiger partial charge on any atom is -0.369 e. The summed E-state index contributed by atoms with van der Waals surface area (Å²) in [5, 5.41) is 2.76. The summed E-state index contributed by atoms with van der Waals surface area (Å²) >= 11 is 0. The van der Waals surface area contributed by atoms with Crippen LogP contribution in [0.1, 0.15) is 39.2 Å². The first kappa shape index (κ1) is 22.3. The summed E-state index contributed by atoms with van der Waals surface area (Å²) in [6.07, 6.45) is 2.04. The highest BCUT2D eigenvalue weighted by Gasteiger charge is 2.32. The molecular weight excluding hydrogens is 354 g/mol. The highest BCUT2D eigenvalue weighted by molar-refractivity contribution is 7.85. The molecule has 1 aromatic carbocycles. The number of hydrogen-bond acceptors (Lipinski definition) is 4. The van der Waals surface area contributed by atoms with E-state index in [9.17, 15) is 13.2 Å². The Balaban J connectivity index is 2.77. The number of rotatable bonds is 11. The van der Waals surface area contributed by atoms with Gasteiger partial charge in [-0.05, 0) is 23.8 Å². The normalized spacial score (nSPS) is 14.5. The maximum atomic E-state index is 11.4. The minimum atomic E-state index is -4.09. The fourth-order valence-corrected chi connectivity index (χ4v) is 3.51. The molecule has 1 unspecified atom stereocenters. The van der Waals surface area contributed by atoms with Crippen molar-refractivity contribution in [3.63, 3.8) is 0 Å². The fourth-order valence-electron chi connectivity index (χ4n) is 2.93. The Morgan fingerprint density at radius 3 is 2.46 bits per heavy atom. The van der Waals surface area contributed by atoms with Gasteiger partial charge in [0.1, 0.15) is 0 Å². The van der Waals surface area contributed by atoms with Crippen molar-refractivity contribution in [3.8, 4) is 0 Å². The summed E-state index contributed by atoms with van der Waals surface area (Å²) in [7, 11) is -4.09. The van der Waals surface area contributed by atoms with E-state index in [2.05, 4.69) is 11.9 Å². The number of ether oxygens (including phenoxy) is 1. The Morgan fingerprint density at radius 2 is 1.96 bits per heavy atom. The Labute approximate surface area is 156 Å². The molecule has 0 aliphatic heterocycles. The number of carbonyl (C=O) groups is 1. The number of amides is 1. The molecule has 26 heavy (non-hydrogen) atoms. The van der Waals surface area contributed by atoms with Gasteiger partial charge in [0.05, 0.1) is 18.5 Å². The maximum absolute atomic E-state index is 11.4. The molecule has 0 aliphatic rings. The fraction of sp³-hybridized carbons (Fsp3) is 0.526. The number of hydrogen-bond donors (Lipinski definition) is 2. The molecule has 0 saturated carbocycles. The van der Waals surface area contributed by atoms with E-state index < -0.39 is 27.3 Å². The molecule has 146 valence electrons. The maximum Gasteiger partial charge on any atom is 0.264 e. The molecule has 6 nitrogen and oxygen atoms in total. The van der Waals surface area contributed by atoms with E-state index in [1.807, 2.05) is 44.2 Å². The van der Waals surface area contributed by atoms with Crippen molar-refractivity contribution in [2.75, 3.05) is 5.75 Å². The van der Waals surface area contributed by atoms with Gasteiger partial charge in [-0.2, -0.15) is 8.42 Å². The zero-order valence-electron chi connectivity index (χ0n) is 15.6. The van der Waals surface area contributed by atoms with Crippen LogP contribution < -0.4 is 5.32 Å². The molecule has 7 heteroatoms. The van der Waals surface area contributed by atoms with E-state index in [-0.39, 0.29) is 18.4 Å². The predicted molar refractivity (Wildman–Crippen MR) is 102 cm³/mol. The second-order valence-electron chi connectivity index (χ2n) is 7.12. The van der Waals surface area contributed by atoms with E-state index in [4.69, 9.17) is 9.29 Å². The first-order chi connectivity index (χ1) is 12.0. The quantitative estimate of drug-likeness (QED) is 0.453. The SMILES string of the molecule is C=C[C@H](OCc1ccccc1)C(C)(C)CC(CCS(=O)(=O)O)NC(C)=O. The molecule has 0 radical (unpaired) electrons. The monoisotopic (exact) mass is 383 g/mol. The van der Waals surface area contributed by atoms with Crippen LogP contribution in [0.15, 0.2) is 43.0 Å². The second kappa shape index (κ2) is 9.85. The summed E-state index contributed by atoms with van der Waals surface area (Å²) in [6, 6.07) is 9.36. The van der Waals surface area contributed by atoms with E-state index in [0.29, 0.717) is 13.0 Å². The van der Waals surface area contributed by atoms with Crippen LogP contribution >= 0.6 is 0 Å². The Morgan fingerprint density at radius 1 is 1.35 bits per heavy atom. The van der Waals surface area contributed by atoms with Crippen molar-refractivity contribution in [1.29, 1.82) is 0 Å². The van der Waals surface area contributed by atoms with Crippen LogP contribution in [0.25, 0.3) is 0 Å². The molecule has 1 amide bonds. The Kier molecular flexibility index (Phi) is 8.46. The summed E-state index contributed by atoms with van der Waals surface area (Å²) < 4.78 is 37.1. The van der Waals surface area contributed by atoms with Gasteiger partial charge in [0.2, 0.25) is 5.91 Å². The molecule has 1 rings (SSSR count). The van der Waals surface area contributed by atoms with Crippen molar-refractivity contribution < 1.29 is 22.5 Å². The lowest BCUT2D eigenvalue weighted by Crippen LogP contribution is -2.42. The van der Waals surface area contributed by atoms with Crippen LogP contribution in [0.3, 0.4) is 0 Å². The topological polar surface area (TPSA) is 92.7 Å². The third-order valence-corrected chi connectivity index (χ3v) is 4.91. The van der Waals surface area contributed by atoms with Crippen molar-refractivity contribution in [3.05, 3.63) is 48.6 Å². The molecule has 0 saturated heterocycles. The van der Waals surface area contributed by atoms with Crippen LogP contribution in [0.4, 0.5) is 0 Å². The molecule has 0 spiro atoms. The molecule has 0 aromatic heterocycles. The molecule has 2 atom stereocenters. The smallest absolute Gasteiger partial charge is 0.264 e. The molecule has 0 aliphatic carbocycles. The van der Waals surface area contributed by atoms with Gasteiger partial charge in [-0.15, -0.1) is 6.58 Å². The molecule has 0 fully saturated rings. The van der Waals surface area contributed by atoms with E-state index in [0.717, 1.165) is 5.56 Å². The van der Waals surface area contributed by atoms with Gasteiger partial charge in [0.25, 0.3) is 10.1 Å². The van der Waals surface area contributed by atoms with Crippen LogP contribution in [-0.2, 0) is 26.3 Å². The summed E-state index contributed by atoms with van der Waals surface area (Å²) in [4.78, 5) is 11.4. The lowest BCUT2D eigenvalue weighted by molar-refractivity contribution is -0.120. The second-order valence-corrected chi connectivity index (χ2v) is 8.69. The zero-order chi connectivity index (χ0) is 19.8. The molecule has 0 bridgehead atoms.